The number of ketones is 1. The third-order valence-electron chi connectivity index (χ3n) is 4.43. The number of rotatable bonds is 4. The highest BCUT2D eigenvalue weighted by Gasteiger charge is 2.51. The maximum absolute atomic E-state index is 13.4. The smallest absolute Gasteiger partial charge is 0.330 e. The molecule has 2 aromatic carbocycles. The first kappa shape index (κ1) is 18.7. The predicted molar refractivity (Wildman–Crippen MR) is 105 cm³/mol. The molecule has 0 spiro atoms. The molecule has 3 nitrogen and oxygen atoms in total. The number of benzene rings is 2. The molecule has 2 aromatic rings. The minimum atomic E-state index is -1.18. The van der Waals surface area contributed by atoms with Gasteiger partial charge in [-0.3, -0.25) is 9.59 Å². The van der Waals surface area contributed by atoms with Gasteiger partial charge in [0.15, 0.2) is 10.5 Å². The number of carbonyl (C=O) groups is 2. The quantitative estimate of drug-likeness (QED) is 0.573. The molecule has 1 aliphatic carbocycles. The van der Waals surface area contributed by atoms with Gasteiger partial charge in [0.2, 0.25) is 0 Å². The Morgan fingerprint density at radius 1 is 1.08 bits per heavy atom. The zero-order chi connectivity index (χ0) is 18.8. The SMILES string of the molecule is CC(C)(C)OC(=O)[C@@]1(SCc2ccccc2)CCc2ccccc2C1=O. The van der Waals surface area contributed by atoms with Crippen molar-refractivity contribution in [3.05, 3.63) is 71.3 Å². The summed E-state index contributed by atoms with van der Waals surface area (Å²) in [6.45, 7) is 5.51. The van der Waals surface area contributed by atoms with Crippen molar-refractivity contribution in [2.75, 3.05) is 0 Å². The molecule has 0 N–H and O–H groups in total. The van der Waals surface area contributed by atoms with E-state index in [2.05, 4.69) is 0 Å². The minimum Gasteiger partial charge on any atom is -0.459 e. The molecule has 0 saturated carbocycles. The van der Waals surface area contributed by atoms with Crippen molar-refractivity contribution in [1.29, 1.82) is 0 Å². The average molecular weight is 368 g/mol. The molecule has 3 rings (SSSR count). The molecule has 1 atom stereocenters. The summed E-state index contributed by atoms with van der Waals surface area (Å²) in [6.07, 6.45) is 1.16. The monoisotopic (exact) mass is 368 g/mol. The van der Waals surface area contributed by atoms with Crippen LogP contribution in [0, 0.1) is 0 Å². The number of Topliss-reactive ketones (excluding diaryl/α,β-unsaturated/α-hetero) is 1. The zero-order valence-corrected chi connectivity index (χ0v) is 16.3. The molecule has 136 valence electrons. The molecule has 26 heavy (non-hydrogen) atoms. The van der Waals surface area contributed by atoms with E-state index in [4.69, 9.17) is 4.74 Å². The number of esters is 1. The van der Waals surface area contributed by atoms with Gasteiger partial charge in [0.05, 0.1) is 0 Å². The van der Waals surface area contributed by atoms with Crippen LogP contribution in [0.1, 0.15) is 48.7 Å². The van der Waals surface area contributed by atoms with Crippen molar-refractivity contribution in [2.24, 2.45) is 0 Å². The Morgan fingerprint density at radius 3 is 2.42 bits per heavy atom. The standard InChI is InChI=1S/C22H24O3S/c1-21(2,3)25-20(24)22(26-15-16-9-5-4-6-10-16)14-13-17-11-7-8-12-18(17)19(22)23/h4-12H,13-15H2,1-3H3/t22-/m1/s1. The van der Waals surface area contributed by atoms with Gasteiger partial charge >= 0.3 is 5.97 Å². The lowest BCUT2D eigenvalue weighted by atomic mass is 9.82. The van der Waals surface area contributed by atoms with Crippen LogP contribution in [0.5, 0.6) is 0 Å². The van der Waals surface area contributed by atoms with Gasteiger partial charge in [-0.1, -0.05) is 54.6 Å². The van der Waals surface area contributed by atoms with Crippen LogP contribution in [0.4, 0.5) is 0 Å². The lowest BCUT2D eigenvalue weighted by Crippen LogP contribution is -2.50. The summed E-state index contributed by atoms with van der Waals surface area (Å²) in [7, 11) is 0. The van der Waals surface area contributed by atoms with E-state index in [1.54, 1.807) is 0 Å². The summed E-state index contributed by atoms with van der Waals surface area (Å²) >= 11 is 1.39. The molecule has 4 heteroatoms. The molecular formula is C22H24O3S. The van der Waals surface area contributed by atoms with Crippen LogP contribution in [-0.4, -0.2) is 22.1 Å². The highest BCUT2D eigenvalue weighted by molar-refractivity contribution is 8.01. The van der Waals surface area contributed by atoms with Crippen LogP contribution in [-0.2, 0) is 21.7 Å². The van der Waals surface area contributed by atoms with Gasteiger partial charge in [-0.2, -0.15) is 0 Å². The van der Waals surface area contributed by atoms with Crippen molar-refractivity contribution < 1.29 is 14.3 Å². The fourth-order valence-corrected chi connectivity index (χ4v) is 4.39. The van der Waals surface area contributed by atoms with Crippen molar-refractivity contribution in [3.63, 3.8) is 0 Å². The molecule has 0 aliphatic heterocycles. The number of aryl methyl sites for hydroxylation is 1. The summed E-state index contributed by atoms with van der Waals surface area (Å²) in [5, 5.41) is 0. The Hall–Kier alpha value is -2.07. The summed E-state index contributed by atoms with van der Waals surface area (Å²) < 4.78 is 4.49. The highest BCUT2D eigenvalue weighted by Crippen LogP contribution is 2.42. The third-order valence-corrected chi connectivity index (χ3v) is 5.96. The Bertz CT molecular complexity index is 808. The van der Waals surface area contributed by atoms with E-state index in [0.717, 1.165) is 11.1 Å². The molecule has 0 bridgehead atoms. The Morgan fingerprint density at radius 2 is 1.73 bits per heavy atom. The first-order valence-electron chi connectivity index (χ1n) is 8.86. The van der Waals surface area contributed by atoms with E-state index < -0.39 is 16.3 Å². The van der Waals surface area contributed by atoms with Gasteiger partial charge in [-0.25, -0.2) is 0 Å². The molecule has 0 fully saturated rings. The van der Waals surface area contributed by atoms with E-state index >= 15 is 0 Å². The summed E-state index contributed by atoms with van der Waals surface area (Å²) in [4.78, 5) is 26.5. The van der Waals surface area contributed by atoms with Crippen LogP contribution in [0.25, 0.3) is 0 Å². The number of thioether (sulfide) groups is 1. The molecule has 0 aromatic heterocycles. The van der Waals surface area contributed by atoms with Crippen molar-refractivity contribution >= 4 is 23.5 Å². The molecule has 0 saturated heterocycles. The molecule has 0 unspecified atom stereocenters. The molecule has 0 amide bonds. The van der Waals surface area contributed by atoms with E-state index in [1.807, 2.05) is 75.4 Å². The van der Waals surface area contributed by atoms with E-state index in [1.165, 1.54) is 11.8 Å². The Kier molecular flexibility index (Phi) is 5.24. The number of hydrogen-bond acceptors (Lipinski definition) is 4. The minimum absolute atomic E-state index is 0.130. The van der Waals surface area contributed by atoms with E-state index in [0.29, 0.717) is 24.2 Å². The van der Waals surface area contributed by atoms with Crippen molar-refractivity contribution in [3.8, 4) is 0 Å². The Balaban J connectivity index is 1.94. The van der Waals surface area contributed by atoms with Gasteiger partial charge in [-0.05, 0) is 44.7 Å². The lowest BCUT2D eigenvalue weighted by molar-refractivity contribution is -0.156. The summed E-state index contributed by atoms with van der Waals surface area (Å²) in [5.41, 5.74) is 2.11. The van der Waals surface area contributed by atoms with Crippen molar-refractivity contribution in [2.45, 2.75) is 49.7 Å². The van der Waals surface area contributed by atoms with Crippen LogP contribution >= 0.6 is 11.8 Å². The number of fused-ring (bicyclic) bond motifs is 1. The normalized spacial score (nSPS) is 19.7. The maximum Gasteiger partial charge on any atom is 0.330 e. The predicted octanol–water partition coefficient (Wildman–Crippen LogP) is 4.83. The number of hydrogen-bond donors (Lipinski definition) is 0. The van der Waals surface area contributed by atoms with Gasteiger partial charge in [0.25, 0.3) is 0 Å². The largest absolute Gasteiger partial charge is 0.459 e. The molecule has 1 aliphatic rings. The second-order valence-corrected chi connectivity index (χ2v) is 8.86. The van der Waals surface area contributed by atoms with E-state index in [-0.39, 0.29) is 5.78 Å². The van der Waals surface area contributed by atoms with Gasteiger partial charge in [0.1, 0.15) is 5.60 Å². The van der Waals surface area contributed by atoms with Crippen LogP contribution < -0.4 is 0 Å². The van der Waals surface area contributed by atoms with Crippen molar-refractivity contribution in [1.82, 2.24) is 0 Å². The first-order chi connectivity index (χ1) is 12.3. The second-order valence-electron chi connectivity index (χ2n) is 7.59. The molecule has 0 heterocycles. The average Bonchev–Trinajstić information content (AvgIpc) is 2.61. The second kappa shape index (κ2) is 7.28. The lowest BCUT2D eigenvalue weighted by Gasteiger charge is -2.36. The van der Waals surface area contributed by atoms with Crippen LogP contribution in [0.2, 0.25) is 0 Å². The third kappa shape index (κ3) is 3.85. The highest BCUT2D eigenvalue weighted by atomic mass is 32.2. The van der Waals surface area contributed by atoms with Crippen LogP contribution in [0.3, 0.4) is 0 Å². The van der Waals surface area contributed by atoms with Gasteiger partial charge < -0.3 is 4.74 Å². The number of ether oxygens (including phenoxy) is 1. The summed E-state index contributed by atoms with van der Waals surface area (Å²) in [5.74, 6) is 0.0357. The van der Waals surface area contributed by atoms with Gasteiger partial charge in [0, 0.05) is 11.3 Å². The first-order valence-corrected chi connectivity index (χ1v) is 9.84. The van der Waals surface area contributed by atoms with E-state index in [9.17, 15) is 9.59 Å². The molecular weight excluding hydrogens is 344 g/mol. The fraction of sp³-hybridized carbons (Fsp3) is 0.364. The van der Waals surface area contributed by atoms with Crippen LogP contribution in [0.15, 0.2) is 54.6 Å². The Labute approximate surface area is 159 Å². The topological polar surface area (TPSA) is 43.4 Å². The zero-order valence-electron chi connectivity index (χ0n) is 15.5. The molecule has 0 radical (unpaired) electrons. The number of carbonyl (C=O) groups excluding carboxylic acids is 2. The summed E-state index contributed by atoms with van der Waals surface area (Å²) in [6, 6.07) is 17.5. The van der Waals surface area contributed by atoms with Gasteiger partial charge in [-0.15, -0.1) is 11.8 Å². The fourth-order valence-electron chi connectivity index (χ4n) is 3.13. The maximum atomic E-state index is 13.4.